The number of anilines is 2. The first-order valence-corrected chi connectivity index (χ1v) is 9.75. The molecule has 0 N–H and O–H groups in total. The smallest absolute Gasteiger partial charge is 0.272 e. The molecule has 26 heavy (non-hydrogen) atoms. The molecule has 0 radical (unpaired) electrons. The quantitative estimate of drug-likeness (QED) is 0.764. The molecule has 1 unspecified atom stereocenters. The summed E-state index contributed by atoms with van der Waals surface area (Å²) in [5.41, 5.74) is 3.93. The molecular formula is C22H29N3O. The highest BCUT2D eigenvalue weighted by atomic mass is 16.2. The molecule has 4 nitrogen and oxygen atoms in total. The van der Waals surface area contributed by atoms with Crippen LogP contribution in [-0.2, 0) is 0 Å². The van der Waals surface area contributed by atoms with Crippen molar-refractivity contribution in [2.24, 2.45) is 0 Å². The van der Waals surface area contributed by atoms with E-state index in [1.807, 2.05) is 17.0 Å². The molecule has 4 heteroatoms. The Hall–Kier alpha value is -2.36. The third-order valence-corrected chi connectivity index (χ3v) is 5.26. The van der Waals surface area contributed by atoms with Gasteiger partial charge in [-0.05, 0) is 69.4 Å². The van der Waals surface area contributed by atoms with Gasteiger partial charge in [-0.1, -0.05) is 19.1 Å². The van der Waals surface area contributed by atoms with E-state index in [0.29, 0.717) is 11.7 Å². The lowest BCUT2D eigenvalue weighted by Gasteiger charge is -2.35. The Labute approximate surface area is 156 Å². The van der Waals surface area contributed by atoms with Crippen molar-refractivity contribution < 1.29 is 4.79 Å². The summed E-state index contributed by atoms with van der Waals surface area (Å²) in [7, 11) is 0. The molecule has 1 saturated heterocycles. The van der Waals surface area contributed by atoms with Gasteiger partial charge in [-0.3, -0.25) is 9.78 Å². The van der Waals surface area contributed by atoms with E-state index in [2.05, 4.69) is 54.9 Å². The van der Waals surface area contributed by atoms with Gasteiger partial charge in [0.15, 0.2) is 0 Å². The van der Waals surface area contributed by atoms with Gasteiger partial charge in [0.05, 0.1) is 0 Å². The molecule has 1 aliphatic heterocycles. The summed E-state index contributed by atoms with van der Waals surface area (Å²) in [6.45, 7) is 8.07. The zero-order valence-corrected chi connectivity index (χ0v) is 16.1. The van der Waals surface area contributed by atoms with E-state index < -0.39 is 0 Å². The summed E-state index contributed by atoms with van der Waals surface area (Å²) in [6, 6.07) is 12.7. The van der Waals surface area contributed by atoms with Gasteiger partial charge in [0, 0.05) is 36.7 Å². The number of pyridine rings is 1. The maximum atomic E-state index is 13.1. The summed E-state index contributed by atoms with van der Waals surface area (Å²) >= 11 is 0. The van der Waals surface area contributed by atoms with Gasteiger partial charge in [-0.25, -0.2) is 0 Å². The number of hydrogen-bond donors (Lipinski definition) is 0. The van der Waals surface area contributed by atoms with Crippen molar-refractivity contribution in [3.05, 3.63) is 53.9 Å². The Morgan fingerprint density at radius 2 is 2.00 bits per heavy atom. The number of carbonyl (C=O) groups is 1. The summed E-state index contributed by atoms with van der Waals surface area (Å²) in [5, 5.41) is 0. The van der Waals surface area contributed by atoms with Gasteiger partial charge in [0.25, 0.3) is 5.91 Å². The normalized spacial score (nSPS) is 17.2. The molecule has 1 fully saturated rings. The predicted molar refractivity (Wildman–Crippen MR) is 107 cm³/mol. The SMILES string of the molecule is CCC1CCCCN1C(=O)c1cc(N(CC)c2cccc(C)c2)ccn1. The first-order valence-electron chi connectivity index (χ1n) is 9.75. The molecule has 1 aromatic carbocycles. The standard InChI is InChI=1S/C22H29N3O/c1-4-18-10-6-7-14-25(18)22(26)21-16-20(12-13-23-21)24(5-2)19-11-8-9-17(3)15-19/h8-9,11-13,15-16,18H,4-7,10,14H2,1-3H3. The third-order valence-electron chi connectivity index (χ3n) is 5.26. The molecule has 138 valence electrons. The second kappa shape index (κ2) is 8.35. The molecule has 0 saturated carbocycles. The third kappa shape index (κ3) is 3.90. The van der Waals surface area contributed by atoms with E-state index in [-0.39, 0.29) is 5.91 Å². The lowest BCUT2D eigenvalue weighted by atomic mass is 9.99. The van der Waals surface area contributed by atoms with Crippen molar-refractivity contribution in [1.82, 2.24) is 9.88 Å². The molecule has 1 aromatic heterocycles. The minimum atomic E-state index is 0.0682. The van der Waals surface area contributed by atoms with Crippen LogP contribution in [0.2, 0.25) is 0 Å². The zero-order valence-electron chi connectivity index (χ0n) is 16.1. The number of carbonyl (C=O) groups excluding carboxylic acids is 1. The number of hydrogen-bond acceptors (Lipinski definition) is 3. The highest BCUT2D eigenvalue weighted by Gasteiger charge is 2.27. The maximum absolute atomic E-state index is 13.1. The van der Waals surface area contributed by atoms with Crippen LogP contribution in [0.25, 0.3) is 0 Å². The number of aromatic nitrogens is 1. The Morgan fingerprint density at radius 1 is 1.19 bits per heavy atom. The Kier molecular flexibility index (Phi) is 5.92. The van der Waals surface area contributed by atoms with Crippen molar-refractivity contribution in [2.75, 3.05) is 18.0 Å². The number of aryl methyl sites for hydroxylation is 1. The lowest BCUT2D eigenvalue weighted by Crippen LogP contribution is -2.43. The molecule has 2 aromatic rings. The predicted octanol–water partition coefficient (Wildman–Crippen LogP) is 4.95. The topological polar surface area (TPSA) is 36.4 Å². The van der Waals surface area contributed by atoms with Crippen LogP contribution in [0.3, 0.4) is 0 Å². The second-order valence-corrected chi connectivity index (χ2v) is 7.04. The van der Waals surface area contributed by atoms with Crippen LogP contribution in [-0.4, -0.2) is 34.9 Å². The van der Waals surface area contributed by atoms with Crippen molar-refractivity contribution in [3.63, 3.8) is 0 Å². The van der Waals surface area contributed by atoms with E-state index >= 15 is 0 Å². The molecule has 1 aliphatic rings. The summed E-state index contributed by atoms with van der Waals surface area (Å²) in [6.07, 6.45) is 6.17. The van der Waals surface area contributed by atoms with Crippen LogP contribution < -0.4 is 4.90 Å². The first-order chi connectivity index (χ1) is 12.6. The average Bonchev–Trinajstić information content (AvgIpc) is 2.68. The minimum absolute atomic E-state index is 0.0682. The van der Waals surface area contributed by atoms with Crippen LogP contribution in [0.15, 0.2) is 42.6 Å². The van der Waals surface area contributed by atoms with Crippen molar-refractivity contribution >= 4 is 17.3 Å². The molecule has 0 spiro atoms. The second-order valence-electron chi connectivity index (χ2n) is 7.04. The van der Waals surface area contributed by atoms with Crippen molar-refractivity contribution in [3.8, 4) is 0 Å². The van der Waals surface area contributed by atoms with E-state index in [9.17, 15) is 4.79 Å². The molecular weight excluding hydrogens is 322 g/mol. The highest BCUT2D eigenvalue weighted by Crippen LogP contribution is 2.27. The van der Waals surface area contributed by atoms with Crippen molar-refractivity contribution in [1.29, 1.82) is 0 Å². The fourth-order valence-corrected chi connectivity index (χ4v) is 3.85. The fraction of sp³-hybridized carbons (Fsp3) is 0.455. The van der Waals surface area contributed by atoms with Crippen LogP contribution >= 0.6 is 0 Å². The van der Waals surface area contributed by atoms with Gasteiger partial charge < -0.3 is 9.80 Å². The van der Waals surface area contributed by atoms with Gasteiger partial charge in [-0.2, -0.15) is 0 Å². The lowest BCUT2D eigenvalue weighted by molar-refractivity contribution is 0.0602. The van der Waals surface area contributed by atoms with E-state index in [1.54, 1.807) is 6.20 Å². The molecule has 2 heterocycles. The summed E-state index contributed by atoms with van der Waals surface area (Å²) < 4.78 is 0. The molecule has 0 bridgehead atoms. The van der Waals surface area contributed by atoms with Gasteiger partial charge in [0.1, 0.15) is 5.69 Å². The maximum Gasteiger partial charge on any atom is 0.272 e. The number of nitrogens with zero attached hydrogens (tertiary/aromatic N) is 3. The molecule has 1 atom stereocenters. The number of piperidine rings is 1. The first kappa shape index (κ1) is 18.4. The summed E-state index contributed by atoms with van der Waals surface area (Å²) in [5.74, 6) is 0.0682. The number of amides is 1. The van der Waals surface area contributed by atoms with Gasteiger partial charge >= 0.3 is 0 Å². The average molecular weight is 351 g/mol. The fourth-order valence-electron chi connectivity index (χ4n) is 3.85. The van der Waals surface area contributed by atoms with Gasteiger partial charge in [0.2, 0.25) is 0 Å². The number of rotatable bonds is 5. The Balaban J connectivity index is 1.88. The minimum Gasteiger partial charge on any atom is -0.342 e. The molecule has 0 aliphatic carbocycles. The monoisotopic (exact) mass is 351 g/mol. The largest absolute Gasteiger partial charge is 0.342 e. The Morgan fingerprint density at radius 3 is 2.73 bits per heavy atom. The van der Waals surface area contributed by atoms with E-state index in [0.717, 1.165) is 43.7 Å². The van der Waals surface area contributed by atoms with Crippen LogP contribution in [0.4, 0.5) is 11.4 Å². The van der Waals surface area contributed by atoms with Gasteiger partial charge in [-0.15, -0.1) is 0 Å². The van der Waals surface area contributed by atoms with Crippen molar-refractivity contribution in [2.45, 2.75) is 52.5 Å². The highest BCUT2D eigenvalue weighted by molar-refractivity contribution is 5.93. The number of benzene rings is 1. The Bertz CT molecular complexity index is 759. The van der Waals surface area contributed by atoms with E-state index in [1.165, 1.54) is 12.0 Å². The van der Waals surface area contributed by atoms with E-state index in [4.69, 9.17) is 0 Å². The van der Waals surface area contributed by atoms with Crippen LogP contribution in [0, 0.1) is 6.92 Å². The summed E-state index contributed by atoms with van der Waals surface area (Å²) in [4.78, 5) is 21.7. The van der Waals surface area contributed by atoms with Crippen LogP contribution in [0.1, 0.15) is 55.6 Å². The molecule has 1 amide bonds. The zero-order chi connectivity index (χ0) is 18.5. The number of likely N-dealkylation sites (tertiary alicyclic amines) is 1. The van der Waals surface area contributed by atoms with Crippen LogP contribution in [0.5, 0.6) is 0 Å². The molecule has 3 rings (SSSR count).